The number of rotatable bonds is 7. The molecule has 118 valence electrons. The number of nitrogens with zero attached hydrogens (tertiary/aromatic N) is 3. The van der Waals surface area contributed by atoms with Gasteiger partial charge in [0.2, 0.25) is 5.95 Å². The Labute approximate surface area is 138 Å². The van der Waals surface area contributed by atoms with E-state index in [0.717, 1.165) is 22.8 Å². The lowest BCUT2D eigenvalue weighted by Crippen LogP contribution is -2.10. The number of hydrogen-bond acceptors (Lipinski definition) is 6. The Morgan fingerprint density at radius 3 is 2.91 bits per heavy atom. The molecule has 0 spiro atoms. The van der Waals surface area contributed by atoms with Crippen LogP contribution in [0.2, 0.25) is 5.02 Å². The molecule has 2 heterocycles. The smallest absolute Gasteiger partial charge is 0.244 e. The van der Waals surface area contributed by atoms with Crippen molar-refractivity contribution < 1.29 is 4.42 Å². The fourth-order valence-electron chi connectivity index (χ4n) is 2.07. The van der Waals surface area contributed by atoms with Gasteiger partial charge < -0.3 is 15.1 Å². The van der Waals surface area contributed by atoms with Gasteiger partial charge in [0.15, 0.2) is 5.82 Å². The lowest BCUT2D eigenvalue weighted by atomic mass is 10.1. The van der Waals surface area contributed by atoms with Gasteiger partial charge in [0.25, 0.3) is 0 Å². The monoisotopic (exact) mass is 329 g/mol. The second-order valence-electron chi connectivity index (χ2n) is 4.90. The lowest BCUT2D eigenvalue weighted by Gasteiger charge is -2.07. The first kappa shape index (κ1) is 15.3. The third-order valence-electron chi connectivity index (χ3n) is 3.17. The fraction of sp³-hybridized carbons (Fsp3) is 0.188. The number of nitrogens with one attached hydrogen (secondary N) is 2. The predicted octanol–water partition coefficient (Wildman–Crippen LogP) is 3.38. The summed E-state index contributed by atoms with van der Waals surface area (Å²) in [5.74, 6) is 1.96. The highest BCUT2D eigenvalue weighted by Gasteiger charge is 2.02. The Hall–Kier alpha value is -2.60. The van der Waals surface area contributed by atoms with Crippen molar-refractivity contribution in [1.29, 1.82) is 0 Å². The van der Waals surface area contributed by atoms with Crippen molar-refractivity contribution in [3.8, 4) is 0 Å². The molecule has 0 aliphatic heterocycles. The van der Waals surface area contributed by atoms with Gasteiger partial charge in [-0.1, -0.05) is 23.7 Å². The second kappa shape index (κ2) is 7.60. The van der Waals surface area contributed by atoms with Gasteiger partial charge in [0.05, 0.1) is 19.0 Å². The molecule has 1 aromatic carbocycles. The highest BCUT2D eigenvalue weighted by Crippen LogP contribution is 2.11. The van der Waals surface area contributed by atoms with Crippen molar-refractivity contribution in [1.82, 2.24) is 15.2 Å². The van der Waals surface area contributed by atoms with E-state index >= 15 is 0 Å². The number of anilines is 2. The highest BCUT2D eigenvalue weighted by atomic mass is 35.5. The summed E-state index contributed by atoms with van der Waals surface area (Å²) in [5.41, 5.74) is 1.16. The second-order valence-corrected chi connectivity index (χ2v) is 5.34. The maximum absolute atomic E-state index is 5.97. The van der Waals surface area contributed by atoms with Crippen LogP contribution in [0.3, 0.4) is 0 Å². The Kier molecular flexibility index (Phi) is 5.06. The van der Waals surface area contributed by atoms with Crippen LogP contribution in [-0.2, 0) is 13.0 Å². The average Bonchev–Trinajstić information content (AvgIpc) is 3.07. The maximum atomic E-state index is 5.97. The summed E-state index contributed by atoms with van der Waals surface area (Å²) in [6.45, 7) is 1.25. The summed E-state index contributed by atoms with van der Waals surface area (Å²) in [5, 5.41) is 14.9. The third-order valence-corrected chi connectivity index (χ3v) is 3.40. The molecule has 3 rings (SSSR count). The van der Waals surface area contributed by atoms with E-state index in [0.29, 0.717) is 24.9 Å². The van der Waals surface area contributed by atoms with Crippen LogP contribution in [0.1, 0.15) is 11.3 Å². The molecule has 0 atom stereocenters. The van der Waals surface area contributed by atoms with Crippen molar-refractivity contribution >= 4 is 23.4 Å². The molecule has 0 radical (unpaired) electrons. The minimum atomic E-state index is 0.483. The van der Waals surface area contributed by atoms with Crippen LogP contribution < -0.4 is 10.6 Å². The van der Waals surface area contributed by atoms with Gasteiger partial charge in [-0.05, 0) is 36.2 Å². The molecule has 0 fully saturated rings. The molecule has 7 heteroatoms. The van der Waals surface area contributed by atoms with Crippen LogP contribution in [0.25, 0.3) is 0 Å². The molecule has 0 saturated carbocycles. The van der Waals surface area contributed by atoms with Crippen LogP contribution in [-0.4, -0.2) is 21.7 Å². The first-order valence-electron chi connectivity index (χ1n) is 7.24. The van der Waals surface area contributed by atoms with Gasteiger partial charge in [-0.3, -0.25) is 0 Å². The van der Waals surface area contributed by atoms with Crippen molar-refractivity contribution in [2.24, 2.45) is 0 Å². The Morgan fingerprint density at radius 1 is 1.13 bits per heavy atom. The highest BCUT2D eigenvalue weighted by molar-refractivity contribution is 6.30. The van der Waals surface area contributed by atoms with Crippen LogP contribution in [0, 0.1) is 0 Å². The zero-order valence-electron chi connectivity index (χ0n) is 12.4. The van der Waals surface area contributed by atoms with Gasteiger partial charge in [0.1, 0.15) is 5.76 Å². The molecule has 3 aromatic rings. The molecule has 2 aromatic heterocycles. The molecule has 0 aliphatic carbocycles. The third kappa shape index (κ3) is 4.69. The van der Waals surface area contributed by atoms with Gasteiger partial charge in [-0.15, -0.1) is 5.10 Å². The van der Waals surface area contributed by atoms with E-state index in [4.69, 9.17) is 16.0 Å². The predicted molar refractivity (Wildman–Crippen MR) is 89.5 cm³/mol. The van der Waals surface area contributed by atoms with E-state index < -0.39 is 0 Å². The van der Waals surface area contributed by atoms with Crippen molar-refractivity contribution in [3.05, 3.63) is 65.2 Å². The molecule has 0 unspecified atom stereocenters. The Balaban J connectivity index is 1.51. The first-order valence-corrected chi connectivity index (χ1v) is 7.62. The quantitative estimate of drug-likeness (QED) is 0.692. The summed E-state index contributed by atoms with van der Waals surface area (Å²) in [4.78, 5) is 4.36. The van der Waals surface area contributed by atoms with Crippen LogP contribution in [0.5, 0.6) is 0 Å². The van der Waals surface area contributed by atoms with Crippen LogP contribution >= 0.6 is 11.6 Å². The summed E-state index contributed by atoms with van der Waals surface area (Å²) >= 11 is 5.97. The number of aromatic nitrogens is 3. The van der Waals surface area contributed by atoms with Gasteiger partial charge in [0, 0.05) is 11.6 Å². The van der Waals surface area contributed by atoms with E-state index in [1.807, 2.05) is 36.4 Å². The van der Waals surface area contributed by atoms with Crippen molar-refractivity contribution in [2.75, 3.05) is 17.2 Å². The molecule has 2 N–H and O–H groups in total. The topological polar surface area (TPSA) is 75.9 Å². The SMILES string of the molecule is Clc1cccc(CCNc2nncc(NCc3ccco3)n2)c1. The van der Waals surface area contributed by atoms with E-state index in [2.05, 4.69) is 25.8 Å². The number of hydrogen-bond donors (Lipinski definition) is 2. The summed E-state index contributed by atoms with van der Waals surface area (Å²) in [6, 6.07) is 11.5. The average molecular weight is 330 g/mol. The maximum Gasteiger partial charge on any atom is 0.244 e. The normalized spacial score (nSPS) is 10.5. The molecule has 0 aliphatic rings. The van der Waals surface area contributed by atoms with E-state index in [-0.39, 0.29) is 0 Å². The standard InChI is InChI=1S/C16H16ClN5O/c17-13-4-1-3-12(9-13)6-7-18-16-21-15(11-20-22-16)19-10-14-5-2-8-23-14/h1-5,8-9,11H,6-7,10H2,(H2,18,19,21,22). The molecule has 0 saturated heterocycles. The van der Waals surface area contributed by atoms with Gasteiger partial charge in [-0.25, -0.2) is 0 Å². The van der Waals surface area contributed by atoms with Crippen molar-refractivity contribution in [2.45, 2.75) is 13.0 Å². The van der Waals surface area contributed by atoms with Crippen LogP contribution in [0.4, 0.5) is 11.8 Å². The number of furan rings is 1. The molecule has 6 nitrogen and oxygen atoms in total. The zero-order valence-corrected chi connectivity index (χ0v) is 13.1. The van der Waals surface area contributed by atoms with E-state index in [1.165, 1.54) is 0 Å². The van der Waals surface area contributed by atoms with E-state index in [1.54, 1.807) is 12.5 Å². The largest absolute Gasteiger partial charge is 0.467 e. The Morgan fingerprint density at radius 2 is 2.09 bits per heavy atom. The van der Waals surface area contributed by atoms with Crippen molar-refractivity contribution in [3.63, 3.8) is 0 Å². The Bertz CT molecular complexity index is 748. The van der Waals surface area contributed by atoms with E-state index in [9.17, 15) is 0 Å². The molecule has 23 heavy (non-hydrogen) atoms. The molecule has 0 bridgehead atoms. The summed E-state index contributed by atoms with van der Waals surface area (Å²) in [6.07, 6.45) is 4.04. The first-order chi connectivity index (χ1) is 11.3. The van der Waals surface area contributed by atoms with Crippen LogP contribution in [0.15, 0.2) is 53.3 Å². The minimum absolute atomic E-state index is 0.483. The van der Waals surface area contributed by atoms with Gasteiger partial charge >= 0.3 is 0 Å². The summed E-state index contributed by atoms with van der Waals surface area (Å²) < 4.78 is 5.26. The fourth-order valence-corrected chi connectivity index (χ4v) is 2.28. The molecular formula is C16H16ClN5O. The molecule has 0 amide bonds. The lowest BCUT2D eigenvalue weighted by molar-refractivity contribution is 0.517. The summed E-state index contributed by atoms with van der Waals surface area (Å²) in [7, 11) is 0. The zero-order chi connectivity index (χ0) is 15.9. The molecular weight excluding hydrogens is 314 g/mol. The minimum Gasteiger partial charge on any atom is -0.467 e. The van der Waals surface area contributed by atoms with Gasteiger partial charge in [-0.2, -0.15) is 10.1 Å². The number of halogens is 1. The number of benzene rings is 1.